The van der Waals surface area contributed by atoms with Crippen molar-refractivity contribution in [1.82, 2.24) is 9.19 Å². The summed E-state index contributed by atoms with van der Waals surface area (Å²) in [6.07, 6.45) is 0. The second kappa shape index (κ2) is 2.60. The Morgan fingerprint density at radius 2 is 2.30 bits per heavy atom. The number of halogens is 1. The first-order chi connectivity index (χ1) is 4.88. The number of benzene rings is 1. The van der Waals surface area contributed by atoms with E-state index in [9.17, 15) is 0 Å². The van der Waals surface area contributed by atoms with Crippen LogP contribution in [-0.2, 0) is 0 Å². The third-order valence-corrected chi connectivity index (χ3v) is 3.55. The molecule has 1 aromatic heterocycles. The maximum atomic E-state index is 4.04. The van der Waals surface area contributed by atoms with Gasteiger partial charge in [0.05, 0.1) is 0 Å². The Bertz CT molecular complexity index is 357. The van der Waals surface area contributed by atoms with Gasteiger partial charge in [0.2, 0.25) is 0 Å². The molecule has 0 amide bonds. The number of nitrogens with zero attached hydrogens (tertiary/aromatic N) is 2. The van der Waals surface area contributed by atoms with E-state index in [4.69, 9.17) is 0 Å². The summed E-state index contributed by atoms with van der Waals surface area (Å²) < 4.78 is 6.51. The summed E-state index contributed by atoms with van der Waals surface area (Å²) in [5.74, 6) is 0. The molecule has 4 heteroatoms. The predicted molar refractivity (Wildman–Crippen MR) is 49.2 cm³/mol. The Kier molecular flexibility index (Phi) is 1.76. The van der Waals surface area contributed by atoms with Crippen molar-refractivity contribution in [2.75, 3.05) is 0 Å². The van der Waals surface area contributed by atoms with Crippen molar-refractivity contribution in [2.45, 2.75) is 0 Å². The Labute approximate surface area is 77.8 Å². The van der Waals surface area contributed by atoms with Crippen molar-refractivity contribution in [2.24, 2.45) is 0 Å². The molecule has 0 saturated carbocycles. The standard InChI is InChI=1S/C6H3IN2Se/c7-4-2-1-3-5-6(4)8-9-10-5/h1-3H. The summed E-state index contributed by atoms with van der Waals surface area (Å²) in [6.45, 7) is 0. The van der Waals surface area contributed by atoms with E-state index in [2.05, 4.69) is 50.0 Å². The van der Waals surface area contributed by atoms with E-state index < -0.39 is 0 Å². The molecule has 0 fully saturated rings. The SMILES string of the molecule is Ic1cccc2[se]nnc12. The summed E-state index contributed by atoms with van der Waals surface area (Å²) in [6, 6.07) is 6.20. The van der Waals surface area contributed by atoms with Crippen LogP contribution in [0.2, 0.25) is 0 Å². The third-order valence-electron chi connectivity index (χ3n) is 1.23. The molecule has 0 aliphatic heterocycles. The van der Waals surface area contributed by atoms with Crippen LogP contribution in [0, 0.1) is 3.57 Å². The minimum atomic E-state index is 0.247. The monoisotopic (exact) mass is 310 g/mol. The van der Waals surface area contributed by atoms with E-state index in [0.29, 0.717) is 0 Å². The normalized spacial score (nSPS) is 10.5. The fourth-order valence-electron chi connectivity index (χ4n) is 0.771. The zero-order chi connectivity index (χ0) is 6.97. The Balaban J connectivity index is 2.95. The van der Waals surface area contributed by atoms with Gasteiger partial charge >= 0.3 is 78.1 Å². The molecule has 0 aliphatic carbocycles. The molecule has 1 heterocycles. The van der Waals surface area contributed by atoms with Crippen molar-refractivity contribution in [3.63, 3.8) is 0 Å². The van der Waals surface area contributed by atoms with Gasteiger partial charge < -0.3 is 0 Å². The number of aromatic nitrogens is 2. The van der Waals surface area contributed by atoms with Gasteiger partial charge in [-0.2, -0.15) is 0 Å². The van der Waals surface area contributed by atoms with Gasteiger partial charge in [0.25, 0.3) is 0 Å². The summed E-state index contributed by atoms with van der Waals surface area (Å²) in [4.78, 5) is 0. The van der Waals surface area contributed by atoms with E-state index in [1.54, 1.807) is 0 Å². The molecule has 2 rings (SSSR count). The third kappa shape index (κ3) is 1.00. The molecule has 0 atom stereocenters. The zero-order valence-electron chi connectivity index (χ0n) is 4.91. The Hall–Kier alpha value is 0.0695. The van der Waals surface area contributed by atoms with Gasteiger partial charge in [0.15, 0.2) is 0 Å². The van der Waals surface area contributed by atoms with Crippen LogP contribution < -0.4 is 0 Å². The van der Waals surface area contributed by atoms with E-state index in [1.165, 1.54) is 7.83 Å². The summed E-state index contributed by atoms with van der Waals surface area (Å²) in [5, 5.41) is 4.04. The molecule has 2 aromatic rings. The van der Waals surface area contributed by atoms with Gasteiger partial charge in [-0.25, -0.2) is 0 Å². The van der Waals surface area contributed by atoms with Crippen molar-refractivity contribution in [3.8, 4) is 0 Å². The number of fused-ring (bicyclic) bond motifs is 1. The van der Waals surface area contributed by atoms with Gasteiger partial charge in [-0.15, -0.1) is 0 Å². The van der Waals surface area contributed by atoms with Crippen LogP contribution in [0.25, 0.3) is 9.78 Å². The molecule has 0 unspecified atom stereocenters. The molecule has 0 N–H and O–H groups in total. The summed E-state index contributed by atoms with van der Waals surface area (Å²) >= 11 is 2.53. The van der Waals surface area contributed by atoms with Gasteiger partial charge in [0, 0.05) is 0 Å². The maximum absolute atomic E-state index is 4.04. The molecule has 0 bridgehead atoms. The average molecular weight is 309 g/mol. The molecule has 10 heavy (non-hydrogen) atoms. The second-order valence-corrected chi connectivity index (χ2v) is 4.67. The first-order valence-electron chi connectivity index (χ1n) is 2.74. The van der Waals surface area contributed by atoms with Crippen LogP contribution in [0.15, 0.2) is 18.2 Å². The van der Waals surface area contributed by atoms with Crippen molar-refractivity contribution >= 4 is 47.1 Å². The van der Waals surface area contributed by atoms with Gasteiger partial charge in [-0.1, -0.05) is 0 Å². The van der Waals surface area contributed by atoms with Crippen LogP contribution >= 0.6 is 22.6 Å². The van der Waals surface area contributed by atoms with E-state index in [-0.39, 0.29) is 14.7 Å². The molecule has 0 aliphatic rings. The van der Waals surface area contributed by atoms with E-state index in [0.717, 1.165) is 5.52 Å². The minimum absolute atomic E-state index is 0.247. The van der Waals surface area contributed by atoms with Crippen LogP contribution in [0.1, 0.15) is 0 Å². The van der Waals surface area contributed by atoms with Crippen LogP contribution in [-0.4, -0.2) is 23.9 Å². The van der Waals surface area contributed by atoms with Crippen LogP contribution in [0.4, 0.5) is 0 Å². The van der Waals surface area contributed by atoms with Crippen LogP contribution in [0.3, 0.4) is 0 Å². The fourth-order valence-corrected chi connectivity index (χ4v) is 3.02. The Morgan fingerprint density at radius 1 is 1.40 bits per heavy atom. The quantitative estimate of drug-likeness (QED) is 0.541. The second-order valence-electron chi connectivity index (χ2n) is 1.86. The molecule has 0 radical (unpaired) electrons. The van der Waals surface area contributed by atoms with Crippen molar-refractivity contribution < 1.29 is 0 Å². The van der Waals surface area contributed by atoms with Gasteiger partial charge in [-0.3, -0.25) is 0 Å². The molecular weight excluding hydrogens is 306 g/mol. The first-order valence-corrected chi connectivity index (χ1v) is 5.44. The predicted octanol–water partition coefficient (Wildman–Crippen LogP) is 1.29. The number of hydrogen-bond acceptors (Lipinski definition) is 2. The summed E-state index contributed by atoms with van der Waals surface area (Å²) in [7, 11) is 0. The topological polar surface area (TPSA) is 25.8 Å². The van der Waals surface area contributed by atoms with Gasteiger partial charge in [0.1, 0.15) is 0 Å². The molecule has 50 valence electrons. The van der Waals surface area contributed by atoms with Crippen molar-refractivity contribution in [3.05, 3.63) is 21.8 Å². The van der Waals surface area contributed by atoms with E-state index in [1.807, 2.05) is 0 Å². The molecular formula is C6H3IN2Se. The molecule has 2 nitrogen and oxygen atoms in total. The molecule has 1 aromatic carbocycles. The Morgan fingerprint density at radius 3 is 3.10 bits per heavy atom. The zero-order valence-corrected chi connectivity index (χ0v) is 8.78. The number of hydrogen-bond donors (Lipinski definition) is 0. The fraction of sp³-hybridized carbons (Fsp3) is 0. The average Bonchev–Trinajstić information content (AvgIpc) is 2.36. The molecule has 0 spiro atoms. The molecule has 0 saturated heterocycles. The number of rotatable bonds is 0. The van der Waals surface area contributed by atoms with Crippen molar-refractivity contribution in [1.29, 1.82) is 0 Å². The van der Waals surface area contributed by atoms with Gasteiger partial charge in [-0.05, 0) is 0 Å². The first kappa shape index (κ1) is 6.76. The van der Waals surface area contributed by atoms with Crippen LogP contribution in [0.5, 0.6) is 0 Å². The van der Waals surface area contributed by atoms with E-state index >= 15 is 0 Å². The summed E-state index contributed by atoms with van der Waals surface area (Å²) in [5.41, 5.74) is 1.09.